The van der Waals surface area contributed by atoms with Crippen molar-refractivity contribution >= 4 is 87.1 Å². The summed E-state index contributed by atoms with van der Waals surface area (Å²) >= 11 is 24.8. The lowest BCUT2D eigenvalue weighted by Gasteiger charge is -2.45. The minimum absolute atomic E-state index is 0.105. The van der Waals surface area contributed by atoms with Gasteiger partial charge in [-0.15, -0.1) is 0 Å². The summed E-state index contributed by atoms with van der Waals surface area (Å²) in [6, 6.07) is 14.8. The third kappa shape index (κ3) is 7.72. The van der Waals surface area contributed by atoms with Crippen LogP contribution in [0.15, 0.2) is 54.6 Å². The monoisotopic (exact) mass is 582 g/mol. The first kappa shape index (κ1) is 29.0. The van der Waals surface area contributed by atoms with E-state index in [1.807, 2.05) is 48.2 Å². The van der Waals surface area contributed by atoms with Gasteiger partial charge < -0.3 is 31.1 Å². The van der Waals surface area contributed by atoms with E-state index in [1.165, 1.54) is 6.08 Å². The Morgan fingerprint density at radius 3 is 2.43 bits per heavy atom. The molecule has 2 amide bonds. The molecule has 3 rings (SSSR count). The largest absolute Gasteiger partial charge is 0.376 e. The van der Waals surface area contributed by atoms with Gasteiger partial charge in [-0.2, -0.15) is 0 Å². The molecule has 8 nitrogen and oxygen atoms in total. The highest BCUT2D eigenvalue weighted by Crippen LogP contribution is 2.36. The topological polar surface area (TPSA) is 93.9 Å². The Kier molecular flexibility index (Phi) is 10.0. The van der Waals surface area contributed by atoms with Gasteiger partial charge >= 0.3 is 0 Å². The number of carbonyl (C=O) groups is 2. The number of anilines is 3. The summed E-state index contributed by atoms with van der Waals surface area (Å²) in [5.74, 6) is -0.745. The fourth-order valence-corrected chi connectivity index (χ4v) is 4.76. The Balaban J connectivity index is 1.75. The van der Waals surface area contributed by atoms with E-state index in [9.17, 15) is 9.59 Å². The SMILES string of the molecule is CN(C)c1ccccc1N1CCCN(C(NC(=O)/C=C/c2ccc(NC(=O)CN)cc2)C(Cl)(Cl)Cl)C1=S. The number of thiocarbonyl (C=S) groups is 1. The molecule has 0 aromatic heterocycles. The van der Waals surface area contributed by atoms with E-state index >= 15 is 0 Å². The first-order valence-corrected chi connectivity index (χ1v) is 13.0. The quantitative estimate of drug-likeness (QED) is 0.246. The predicted octanol–water partition coefficient (Wildman–Crippen LogP) is 3.97. The first-order chi connectivity index (χ1) is 17.5. The van der Waals surface area contributed by atoms with E-state index in [0.717, 1.165) is 23.4 Å². The normalized spacial score (nSPS) is 15.0. The van der Waals surface area contributed by atoms with Crippen molar-refractivity contribution in [1.82, 2.24) is 10.2 Å². The fourth-order valence-electron chi connectivity index (χ4n) is 3.86. The number of rotatable bonds is 8. The van der Waals surface area contributed by atoms with Gasteiger partial charge in [-0.05, 0) is 54.5 Å². The van der Waals surface area contributed by atoms with Crippen LogP contribution >= 0.6 is 47.0 Å². The Morgan fingerprint density at radius 2 is 1.81 bits per heavy atom. The van der Waals surface area contributed by atoms with Gasteiger partial charge in [-0.1, -0.05) is 59.1 Å². The van der Waals surface area contributed by atoms with Crippen LogP contribution in [0.3, 0.4) is 0 Å². The molecule has 4 N–H and O–H groups in total. The molecule has 12 heteroatoms. The second-order valence-electron chi connectivity index (χ2n) is 8.52. The van der Waals surface area contributed by atoms with Crippen LogP contribution in [0.2, 0.25) is 0 Å². The lowest BCUT2D eigenvalue weighted by atomic mass is 10.2. The van der Waals surface area contributed by atoms with Crippen LogP contribution in [-0.4, -0.2) is 65.5 Å². The number of amides is 2. The summed E-state index contributed by atoms with van der Waals surface area (Å²) in [6.45, 7) is 1.10. The number of para-hydroxylation sites is 2. The van der Waals surface area contributed by atoms with Gasteiger partial charge in [-0.3, -0.25) is 9.59 Å². The predicted molar refractivity (Wildman–Crippen MR) is 157 cm³/mol. The number of nitrogens with two attached hydrogens (primary N) is 1. The van der Waals surface area contributed by atoms with Gasteiger partial charge in [0.15, 0.2) is 11.3 Å². The van der Waals surface area contributed by atoms with Crippen LogP contribution in [0, 0.1) is 0 Å². The molecule has 1 fully saturated rings. The van der Waals surface area contributed by atoms with Gasteiger partial charge in [0.2, 0.25) is 15.6 Å². The number of nitrogens with one attached hydrogen (secondary N) is 2. The maximum absolute atomic E-state index is 12.8. The molecule has 0 saturated carbocycles. The van der Waals surface area contributed by atoms with Crippen LogP contribution in [0.1, 0.15) is 12.0 Å². The van der Waals surface area contributed by atoms with Gasteiger partial charge in [0.1, 0.15) is 0 Å². The number of hydrogen-bond acceptors (Lipinski definition) is 5. The molecule has 37 heavy (non-hydrogen) atoms. The number of benzene rings is 2. The molecule has 1 atom stereocenters. The van der Waals surface area contributed by atoms with E-state index in [0.29, 0.717) is 23.9 Å². The minimum Gasteiger partial charge on any atom is -0.376 e. The van der Waals surface area contributed by atoms with Gasteiger partial charge in [0, 0.05) is 38.9 Å². The molecule has 0 bridgehead atoms. The van der Waals surface area contributed by atoms with Crippen molar-refractivity contribution in [2.24, 2.45) is 5.73 Å². The standard InChI is InChI=1S/C25H29Cl3N6O2S/c1-32(2)19-6-3-4-7-20(19)33-14-5-15-34(24(33)37)23(25(26,27)28)31-21(35)13-10-17-8-11-18(12-9-17)30-22(36)16-29/h3-4,6-13,23H,5,14-16,29H2,1-2H3,(H,30,36)(H,31,35)/b13-10+. The number of hydrogen-bond donors (Lipinski definition) is 3. The summed E-state index contributed by atoms with van der Waals surface area (Å²) in [6.07, 6.45) is 2.72. The van der Waals surface area contributed by atoms with Crippen LogP contribution in [0.5, 0.6) is 0 Å². The molecule has 198 valence electrons. The number of carbonyl (C=O) groups excluding carboxylic acids is 2. The average molecular weight is 584 g/mol. The highest BCUT2D eigenvalue weighted by Gasteiger charge is 2.42. The molecule has 2 aromatic carbocycles. The molecule has 1 heterocycles. The lowest BCUT2D eigenvalue weighted by molar-refractivity contribution is -0.118. The highest BCUT2D eigenvalue weighted by molar-refractivity contribution is 7.80. The first-order valence-electron chi connectivity index (χ1n) is 11.5. The molecule has 1 aliphatic rings. The van der Waals surface area contributed by atoms with Crippen molar-refractivity contribution in [2.75, 3.05) is 48.8 Å². The van der Waals surface area contributed by atoms with E-state index < -0.39 is 15.9 Å². The second-order valence-corrected chi connectivity index (χ2v) is 11.3. The van der Waals surface area contributed by atoms with Crippen molar-refractivity contribution in [3.63, 3.8) is 0 Å². The molecular weight excluding hydrogens is 555 g/mol. The summed E-state index contributed by atoms with van der Waals surface area (Å²) in [4.78, 5) is 30.0. The zero-order valence-corrected chi connectivity index (χ0v) is 23.5. The zero-order valence-electron chi connectivity index (χ0n) is 20.5. The minimum atomic E-state index is -1.85. The Hall–Kier alpha value is -2.56. The van der Waals surface area contributed by atoms with Gasteiger partial charge in [0.05, 0.1) is 17.9 Å². The molecule has 1 saturated heterocycles. The maximum Gasteiger partial charge on any atom is 0.245 e. The molecular formula is C25H29Cl3N6O2S. The van der Waals surface area contributed by atoms with E-state index in [1.54, 1.807) is 35.2 Å². The third-order valence-corrected chi connectivity index (χ3v) is 6.69. The lowest BCUT2D eigenvalue weighted by Crippen LogP contribution is -2.62. The second kappa shape index (κ2) is 12.8. The molecule has 1 aliphatic heterocycles. The Labute approximate surface area is 237 Å². The maximum atomic E-state index is 12.8. The average Bonchev–Trinajstić information content (AvgIpc) is 2.86. The van der Waals surface area contributed by atoms with E-state index in [2.05, 4.69) is 10.6 Å². The van der Waals surface area contributed by atoms with Crippen molar-refractivity contribution in [3.8, 4) is 0 Å². The zero-order chi connectivity index (χ0) is 27.2. The van der Waals surface area contributed by atoms with Crippen molar-refractivity contribution in [3.05, 3.63) is 60.2 Å². The summed E-state index contributed by atoms with van der Waals surface area (Å²) in [5.41, 5.74) is 8.58. The van der Waals surface area contributed by atoms with Crippen molar-refractivity contribution in [2.45, 2.75) is 16.4 Å². The van der Waals surface area contributed by atoms with Crippen molar-refractivity contribution < 1.29 is 9.59 Å². The van der Waals surface area contributed by atoms with Gasteiger partial charge in [0.25, 0.3) is 0 Å². The molecule has 0 radical (unpaired) electrons. The van der Waals surface area contributed by atoms with Crippen molar-refractivity contribution in [1.29, 1.82) is 0 Å². The molecule has 1 unspecified atom stereocenters. The van der Waals surface area contributed by atoms with Crippen LogP contribution in [0.4, 0.5) is 17.1 Å². The van der Waals surface area contributed by atoms with Crippen LogP contribution < -0.4 is 26.2 Å². The number of halogens is 3. The number of alkyl halides is 3. The number of nitrogens with zero attached hydrogens (tertiary/aromatic N) is 3. The summed E-state index contributed by atoms with van der Waals surface area (Å²) in [5, 5.41) is 5.90. The van der Waals surface area contributed by atoms with E-state index in [4.69, 9.17) is 52.8 Å². The van der Waals surface area contributed by atoms with Gasteiger partial charge in [-0.25, -0.2) is 0 Å². The van der Waals surface area contributed by atoms with E-state index in [-0.39, 0.29) is 12.5 Å². The third-order valence-electron chi connectivity index (χ3n) is 5.62. The summed E-state index contributed by atoms with van der Waals surface area (Å²) < 4.78 is -1.85. The molecule has 0 spiro atoms. The smallest absolute Gasteiger partial charge is 0.245 e. The Morgan fingerprint density at radius 1 is 1.14 bits per heavy atom. The summed E-state index contributed by atoms with van der Waals surface area (Å²) in [7, 11) is 3.92. The van der Waals surface area contributed by atoms with Crippen LogP contribution in [0.25, 0.3) is 6.08 Å². The highest BCUT2D eigenvalue weighted by atomic mass is 35.6. The molecule has 2 aromatic rings. The Bertz CT molecular complexity index is 1150. The van der Waals surface area contributed by atoms with Crippen LogP contribution in [-0.2, 0) is 9.59 Å². The fraction of sp³-hybridized carbons (Fsp3) is 0.320. The molecule has 0 aliphatic carbocycles.